The smallest absolute Gasteiger partial charge is 0.0534 e. The Hall–Kier alpha value is -0.870. The van der Waals surface area contributed by atoms with Crippen LogP contribution in [0.25, 0.3) is 0 Å². The molecule has 4 nitrogen and oxygen atoms in total. The molecule has 1 unspecified atom stereocenters. The van der Waals surface area contributed by atoms with Gasteiger partial charge in [-0.1, -0.05) is 0 Å². The summed E-state index contributed by atoms with van der Waals surface area (Å²) < 4.78 is 1.82. The lowest BCUT2D eigenvalue weighted by Crippen LogP contribution is -2.34. The number of rotatable bonds is 4. The second-order valence-corrected chi connectivity index (χ2v) is 3.52. The first kappa shape index (κ1) is 10.2. The van der Waals surface area contributed by atoms with Gasteiger partial charge in [0, 0.05) is 37.9 Å². The maximum absolute atomic E-state index is 5.57. The van der Waals surface area contributed by atoms with Gasteiger partial charge in [0.25, 0.3) is 0 Å². The molecule has 0 radical (unpaired) electrons. The van der Waals surface area contributed by atoms with Gasteiger partial charge in [-0.25, -0.2) is 0 Å². The van der Waals surface area contributed by atoms with Crippen LogP contribution in [0.2, 0.25) is 0 Å². The van der Waals surface area contributed by atoms with E-state index in [2.05, 4.69) is 24.0 Å². The average Bonchev–Trinajstić information content (AvgIpc) is 2.49. The normalized spacial score (nSPS) is 13.6. The molecule has 13 heavy (non-hydrogen) atoms. The van der Waals surface area contributed by atoms with Crippen LogP contribution in [-0.4, -0.2) is 34.3 Å². The molecular formula is C9H18N4. The van der Waals surface area contributed by atoms with Gasteiger partial charge in [0.15, 0.2) is 0 Å². The van der Waals surface area contributed by atoms with E-state index >= 15 is 0 Å². The van der Waals surface area contributed by atoms with Crippen LogP contribution in [0.5, 0.6) is 0 Å². The minimum Gasteiger partial charge on any atom is -0.329 e. The van der Waals surface area contributed by atoms with Crippen LogP contribution in [0.1, 0.15) is 12.5 Å². The Labute approximate surface area is 79.3 Å². The molecule has 0 fully saturated rings. The number of nitrogens with zero attached hydrogens (tertiary/aromatic N) is 3. The molecule has 0 spiro atoms. The summed E-state index contributed by atoms with van der Waals surface area (Å²) in [5.74, 6) is 0. The van der Waals surface area contributed by atoms with Crippen molar-refractivity contribution in [2.75, 3.05) is 13.6 Å². The number of hydrogen-bond acceptors (Lipinski definition) is 3. The minimum atomic E-state index is 0.417. The van der Waals surface area contributed by atoms with Crippen LogP contribution in [0.3, 0.4) is 0 Å². The molecule has 0 saturated heterocycles. The molecular weight excluding hydrogens is 164 g/mol. The molecule has 0 aliphatic heterocycles. The van der Waals surface area contributed by atoms with Gasteiger partial charge in [0.2, 0.25) is 0 Å². The molecule has 0 aromatic carbocycles. The maximum Gasteiger partial charge on any atom is 0.0534 e. The Kier molecular flexibility index (Phi) is 3.45. The molecule has 1 aromatic heterocycles. The predicted octanol–water partition coefficient (Wildman–Crippen LogP) is 0.199. The quantitative estimate of drug-likeness (QED) is 0.723. The van der Waals surface area contributed by atoms with Crippen LogP contribution >= 0.6 is 0 Å². The highest BCUT2D eigenvalue weighted by molar-refractivity contribution is 5.03. The van der Waals surface area contributed by atoms with Gasteiger partial charge in [-0.2, -0.15) is 5.10 Å². The van der Waals surface area contributed by atoms with E-state index in [4.69, 9.17) is 5.73 Å². The van der Waals surface area contributed by atoms with Crippen molar-refractivity contribution in [1.82, 2.24) is 14.7 Å². The average molecular weight is 182 g/mol. The van der Waals surface area contributed by atoms with Crippen molar-refractivity contribution in [3.8, 4) is 0 Å². The molecule has 0 aliphatic carbocycles. The van der Waals surface area contributed by atoms with Crippen molar-refractivity contribution in [2.45, 2.75) is 19.5 Å². The van der Waals surface area contributed by atoms with Crippen molar-refractivity contribution in [2.24, 2.45) is 12.8 Å². The Morgan fingerprint density at radius 3 is 2.85 bits per heavy atom. The Balaban J connectivity index is 2.49. The highest BCUT2D eigenvalue weighted by atomic mass is 15.2. The fraction of sp³-hybridized carbons (Fsp3) is 0.667. The molecule has 1 heterocycles. The van der Waals surface area contributed by atoms with Crippen LogP contribution < -0.4 is 5.73 Å². The highest BCUT2D eigenvalue weighted by Crippen LogP contribution is 2.03. The fourth-order valence-electron chi connectivity index (χ4n) is 1.18. The second kappa shape index (κ2) is 4.39. The van der Waals surface area contributed by atoms with E-state index in [1.54, 1.807) is 0 Å². The number of aryl methyl sites for hydroxylation is 1. The summed E-state index contributed by atoms with van der Waals surface area (Å²) >= 11 is 0. The molecule has 74 valence electrons. The van der Waals surface area contributed by atoms with Gasteiger partial charge in [0.1, 0.15) is 0 Å². The summed E-state index contributed by atoms with van der Waals surface area (Å²) in [5.41, 5.74) is 6.80. The van der Waals surface area contributed by atoms with Gasteiger partial charge >= 0.3 is 0 Å². The van der Waals surface area contributed by atoms with E-state index in [9.17, 15) is 0 Å². The van der Waals surface area contributed by atoms with Gasteiger partial charge in [0.05, 0.1) is 6.20 Å². The number of nitrogens with two attached hydrogens (primary N) is 1. The van der Waals surface area contributed by atoms with E-state index in [0.29, 0.717) is 12.6 Å². The van der Waals surface area contributed by atoms with Crippen LogP contribution in [0.4, 0.5) is 0 Å². The van der Waals surface area contributed by atoms with Crippen molar-refractivity contribution < 1.29 is 0 Å². The third-order valence-electron chi connectivity index (χ3n) is 2.28. The van der Waals surface area contributed by atoms with Crippen molar-refractivity contribution in [3.05, 3.63) is 18.0 Å². The molecule has 4 heteroatoms. The van der Waals surface area contributed by atoms with Crippen LogP contribution in [-0.2, 0) is 13.6 Å². The third kappa shape index (κ3) is 2.82. The number of hydrogen-bond donors (Lipinski definition) is 1. The Morgan fingerprint density at radius 1 is 1.69 bits per heavy atom. The number of aromatic nitrogens is 2. The van der Waals surface area contributed by atoms with Crippen LogP contribution in [0.15, 0.2) is 12.4 Å². The van der Waals surface area contributed by atoms with Crippen molar-refractivity contribution in [3.63, 3.8) is 0 Å². The zero-order chi connectivity index (χ0) is 9.84. The van der Waals surface area contributed by atoms with E-state index in [1.165, 1.54) is 5.56 Å². The van der Waals surface area contributed by atoms with Gasteiger partial charge in [-0.15, -0.1) is 0 Å². The maximum atomic E-state index is 5.57. The standard InChI is InChI=1S/C9H18N4/c1-8(4-10)12(2)6-9-5-11-13(3)7-9/h5,7-8H,4,6,10H2,1-3H3. The summed E-state index contributed by atoms with van der Waals surface area (Å²) in [5, 5.41) is 4.11. The SMILES string of the molecule is CC(CN)N(C)Cc1cnn(C)c1. The Bertz CT molecular complexity index is 256. The lowest BCUT2D eigenvalue weighted by molar-refractivity contribution is 0.255. The fourth-order valence-corrected chi connectivity index (χ4v) is 1.18. The molecule has 1 aromatic rings. The third-order valence-corrected chi connectivity index (χ3v) is 2.28. The largest absolute Gasteiger partial charge is 0.329 e. The summed E-state index contributed by atoms with van der Waals surface area (Å²) in [4.78, 5) is 2.22. The predicted molar refractivity (Wildman–Crippen MR) is 53.2 cm³/mol. The highest BCUT2D eigenvalue weighted by Gasteiger charge is 2.07. The lowest BCUT2D eigenvalue weighted by Gasteiger charge is -2.22. The van der Waals surface area contributed by atoms with E-state index < -0.39 is 0 Å². The van der Waals surface area contributed by atoms with Gasteiger partial charge in [-0.3, -0.25) is 9.58 Å². The first-order valence-electron chi connectivity index (χ1n) is 4.51. The van der Waals surface area contributed by atoms with Crippen molar-refractivity contribution in [1.29, 1.82) is 0 Å². The van der Waals surface area contributed by atoms with E-state index in [-0.39, 0.29) is 0 Å². The summed E-state index contributed by atoms with van der Waals surface area (Å²) in [6.07, 6.45) is 3.92. The van der Waals surface area contributed by atoms with Gasteiger partial charge in [-0.05, 0) is 14.0 Å². The number of likely N-dealkylation sites (N-methyl/N-ethyl adjacent to an activating group) is 1. The first-order valence-corrected chi connectivity index (χ1v) is 4.51. The molecule has 0 aliphatic rings. The molecule has 2 N–H and O–H groups in total. The van der Waals surface area contributed by atoms with Gasteiger partial charge < -0.3 is 5.73 Å². The monoisotopic (exact) mass is 182 g/mol. The van der Waals surface area contributed by atoms with Crippen molar-refractivity contribution >= 4 is 0 Å². The molecule has 0 bridgehead atoms. The Morgan fingerprint density at radius 2 is 2.38 bits per heavy atom. The molecule has 1 rings (SSSR count). The summed E-state index contributed by atoms with van der Waals surface area (Å²) in [6, 6.07) is 0.417. The minimum absolute atomic E-state index is 0.417. The molecule has 0 amide bonds. The molecule has 1 atom stereocenters. The zero-order valence-corrected chi connectivity index (χ0v) is 8.57. The van der Waals surface area contributed by atoms with E-state index in [0.717, 1.165) is 6.54 Å². The second-order valence-electron chi connectivity index (χ2n) is 3.52. The molecule has 0 saturated carbocycles. The topological polar surface area (TPSA) is 47.1 Å². The summed E-state index contributed by atoms with van der Waals surface area (Å²) in [6.45, 7) is 3.72. The van der Waals surface area contributed by atoms with E-state index in [1.807, 2.05) is 24.1 Å². The summed E-state index contributed by atoms with van der Waals surface area (Å²) in [7, 11) is 4.00. The zero-order valence-electron chi connectivity index (χ0n) is 8.57. The lowest BCUT2D eigenvalue weighted by atomic mass is 10.2. The first-order chi connectivity index (χ1) is 6.13. The van der Waals surface area contributed by atoms with Crippen LogP contribution in [0, 0.1) is 0 Å².